The summed E-state index contributed by atoms with van der Waals surface area (Å²) in [4.78, 5) is 13.4. The van der Waals surface area contributed by atoms with E-state index in [0.29, 0.717) is 23.8 Å². The second-order valence-corrected chi connectivity index (χ2v) is 4.62. The highest BCUT2D eigenvalue weighted by molar-refractivity contribution is 5.88. The van der Waals surface area contributed by atoms with Crippen LogP contribution in [-0.2, 0) is 4.74 Å². The summed E-state index contributed by atoms with van der Waals surface area (Å²) < 4.78 is 10.1. The molecule has 0 saturated carbocycles. The Morgan fingerprint density at radius 1 is 1.38 bits per heavy atom. The molecule has 6 nitrogen and oxygen atoms in total. The number of methoxy groups -OCH3 is 1. The minimum absolute atomic E-state index is 0.362. The molecule has 0 aliphatic carbocycles. The molecule has 0 unspecified atom stereocenters. The number of ether oxygens (including phenoxy) is 1. The maximum Gasteiger partial charge on any atom is 0.415 e. The number of carbonyl (C=O) groups is 1. The van der Waals surface area contributed by atoms with E-state index in [1.165, 1.54) is 12.0 Å². The largest absolute Gasteiger partial charge is 0.452 e. The number of aromatic nitrogens is 1. The molecular formula is C15H15N3O3. The standard InChI is InChI=1S/C15H15N3O3/c1-10-13(12-8-16-9-18(12)15(19)20-2)14(17-21-10)11-6-4-3-5-7-11/h3-8,16H,9H2,1-2H3. The third-order valence-electron chi connectivity index (χ3n) is 3.34. The van der Waals surface area contributed by atoms with Crippen LogP contribution in [0.15, 0.2) is 41.1 Å². The van der Waals surface area contributed by atoms with Crippen molar-refractivity contribution in [3.63, 3.8) is 0 Å². The summed E-state index contributed by atoms with van der Waals surface area (Å²) in [5.41, 5.74) is 3.12. The zero-order valence-electron chi connectivity index (χ0n) is 11.8. The Hall–Kier alpha value is -2.76. The second kappa shape index (κ2) is 5.32. The molecule has 108 valence electrons. The van der Waals surface area contributed by atoms with Crippen molar-refractivity contribution in [3.05, 3.63) is 47.9 Å². The fourth-order valence-corrected chi connectivity index (χ4v) is 2.34. The van der Waals surface area contributed by atoms with Gasteiger partial charge in [-0.2, -0.15) is 0 Å². The number of hydrogen-bond donors (Lipinski definition) is 1. The van der Waals surface area contributed by atoms with Gasteiger partial charge in [-0.3, -0.25) is 4.90 Å². The van der Waals surface area contributed by atoms with E-state index in [1.807, 2.05) is 37.3 Å². The Balaban J connectivity index is 2.07. The van der Waals surface area contributed by atoms with Crippen molar-refractivity contribution < 1.29 is 14.1 Å². The molecule has 1 amide bonds. The number of rotatable bonds is 2. The van der Waals surface area contributed by atoms with Crippen LogP contribution in [0.4, 0.5) is 4.79 Å². The highest BCUT2D eigenvalue weighted by Gasteiger charge is 2.29. The molecule has 1 aliphatic heterocycles. The summed E-state index contributed by atoms with van der Waals surface area (Å²) in [7, 11) is 1.36. The van der Waals surface area contributed by atoms with Crippen LogP contribution in [0.2, 0.25) is 0 Å². The van der Waals surface area contributed by atoms with Crippen LogP contribution in [-0.4, -0.2) is 29.9 Å². The lowest BCUT2D eigenvalue weighted by molar-refractivity contribution is 0.144. The van der Waals surface area contributed by atoms with E-state index < -0.39 is 6.09 Å². The van der Waals surface area contributed by atoms with E-state index in [9.17, 15) is 4.79 Å². The summed E-state index contributed by atoms with van der Waals surface area (Å²) in [6.45, 7) is 2.18. The van der Waals surface area contributed by atoms with Gasteiger partial charge in [-0.1, -0.05) is 35.5 Å². The van der Waals surface area contributed by atoms with E-state index in [2.05, 4.69) is 10.5 Å². The zero-order chi connectivity index (χ0) is 14.8. The van der Waals surface area contributed by atoms with Gasteiger partial charge in [-0.15, -0.1) is 0 Å². The molecule has 0 atom stereocenters. The van der Waals surface area contributed by atoms with Crippen molar-refractivity contribution in [2.24, 2.45) is 0 Å². The van der Waals surface area contributed by atoms with Crippen LogP contribution in [0.25, 0.3) is 17.0 Å². The quantitative estimate of drug-likeness (QED) is 0.918. The van der Waals surface area contributed by atoms with E-state index in [4.69, 9.17) is 9.26 Å². The lowest BCUT2D eigenvalue weighted by Crippen LogP contribution is -2.30. The van der Waals surface area contributed by atoms with Crippen molar-refractivity contribution in [1.82, 2.24) is 15.4 Å². The minimum atomic E-state index is -0.425. The minimum Gasteiger partial charge on any atom is -0.452 e. The molecule has 1 aliphatic rings. The molecule has 1 aromatic carbocycles. The number of nitrogens with zero attached hydrogens (tertiary/aromatic N) is 2. The van der Waals surface area contributed by atoms with Crippen LogP contribution < -0.4 is 5.32 Å². The van der Waals surface area contributed by atoms with Crippen molar-refractivity contribution in [2.75, 3.05) is 13.8 Å². The van der Waals surface area contributed by atoms with Gasteiger partial charge < -0.3 is 14.6 Å². The Morgan fingerprint density at radius 2 is 2.14 bits per heavy atom. The average Bonchev–Trinajstić information content (AvgIpc) is 3.13. The van der Waals surface area contributed by atoms with Gasteiger partial charge in [-0.25, -0.2) is 4.79 Å². The van der Waals surface area contributed by atoms with Gasteiger partial charge in [0.05, 0.1) is 25.0 Å². The average molecular weight is 285 g/mol. The maximum absolute atomic E-state index is 11.9. The van der Waals surface area contributed by atoms with Crippen molar-refractivity contribution in [3.8, 4) is 11.3 Å². The second-order valence-electron chi connectivity index (χ2n) is 4.62. The summed E-state index contributed by atoms with van der Waals surface area (Å²) in [5, 5.41) is 7.15. The normalized spacial score (nSPS) is 13.8. The number of nitrogens with one attached hydrogen (secondary N) is 1. The SMILES string of the molecule is COC(=O)N1CNC=C1c1c(-c2ccccc2)noc1C. The van der Waals surface area contributed by atoms with Gasteiger partial charge in [0.1, 0.15) is 11.5 Å². The first kappa shape index (κ1) is 13.2. The Labute approximate surface area is 122 Å². The van der Waals surface area contributed by atoms with Crippen LogP contribution >= 0.6 is 0 Å². The van der Waals surface area contributed by atoms with Gasteiger partial charge in [-0.05, 0) is 6.92 Å². The molecule has 1 aromatic heterocycles. The molecule has 0 spiro atoms. The zero-order valence-corrected chi connectivity index (χ0v) is 11.8. The third kappa shape index (κ3) is 2.24. The van der Waals surface area contributed by atoms with Crippen LogP contribution in [0.1, 0.15) is 11.3 Å². The van der Waals surface area contributed by atoms with E-state index in [1.54, 1.807) is 6.20 Å². The van der Waals surface area contributed by atoms with E-state index >= 15 is 0 Å². The van der Waals surface area contributed by atoms with Crippen LogP contribution in [0.3, 0.4) is 0 Å². The molecule has 6 heteroatoms. The maximum atomic E-state index is 11.9. The third-order valence-corrected chi connectivity index (χ3v) is 3.34. The fourth-order valence-electron chi connectivity index (χ4n) is 2.34. The van der Waals surface area contributed by atoms with Gasteiger partial charge in [0.15, 0.2) is 0 Å². The van der Waals surface area contributed by atoms with Gasteiger partial charge in [0, 0.05) is 11.8 Å². The highest BCUT2D eigenvalue weighted by Crippen LogP contribution is 2.33. The summed E-state index contributed by atoms with van der Waals surface area (Å²) in [6, 6.07) is 9.71. The van der Waals surface area contributed by atoms with Crippen molar-refractivity contribution in [2.45, 2.75) is 6.92 Å². The molecule has 1 N–H and O–H groups in total. The van der Waals surface area contributed by atoms with Gasteiger partial charge in [0.2, 0.25) is 0 Å². The fraction of sp³-hybridized carbons (Fsp3) is 0.200. The molecule has 0 fully saturated rings. The summed E-state index contributed by atoms with van der Waals surface area (Å²) in [6.07, 6.45) is 1.34. The van der Waals surface area contributed by atoms with E-state index in [-0.39, 0.29) is 0 Å². The topological polar surface area (TPSA) is 67.6 Å². The number of aryl methyl sites for hydroxylation is 1. The lowest BCUT2D eigenvalue weighted by atomic mass is 10.0. The first-order valence-corrected chi connectivity index (χ1v) is 6.53. The molecule has 2 aromatic rings. The summed E-state index contributed by atoms with van der Waals surface area (Å²) >= 11 is 0. The smallest absolute Gasteiger partial charge is 0.415 e. The number of carbonyl (C=O) groups excluding carboxylic acids is 1. The monoisotopic (exact) mass is 285 g/mol. The van der Waals surface area contributed by atoms with Gasteiger partial charge in [0.25, 0.3) is 0 Å². The predicted molar refractivity (Wildman–Crippen MR) is 76.9 cm³/mol. The molecule has 2 heterocycles. The Kier molecular flexibility index (Phi) is 3.35. The first-order valence-electron chi connectivity index (χ1n) is 6.53. The van der Waals surface area contributed by atoms with Crippen LogP contribution in [0, 0.1) is 6.92 Å². The van der Waals surface area contributed by atoms with Crippen molar-refractivity contribution in [1.29, 1.82) is 0 Å². The van der Waals surface area contributed by atoms with Crippen molar-refractivity contribution >= 4 is 11.8 Å². The first-order chi connectivity index (χ1) is 10.2. The number of benzene rings is 1. The van der Waals surface area contributed by atoms with E-state index in [0.717, 1.165) is 11.1 Å². The summed E-state index contributed by atoms with van der Waals surface area (Å²) in [5.74, 6) is 0.651. The molecule has 0 saturated heterocycles. The molecule has 0 bridgehead atoms. The number of hydrogen-bond acceptors (Lipinski definition) is 5. The Morgan fingerprint density at radius 3 is 2.86 bits per heavy atom. The van der Waals surface area contributed by atoms with Crippen LogP contribution in [0.5, 0.6) is 0 Å². The highest BCUT2D eigenvalue weighted by atomic mass is 16.5. The molecular weight excluding hydrogens is 270 g/mol. The Bertz CT molecular complexity index is 691. The molecule has 3 rings (SSSR count). The number of amides is 1. The van der Waals surface area contributed by atoms with Gasteiger partial charge >= 0.3 is 6.09 Å². The lowest BCUT2D eigenvalue weighted by Gasteiger charge is -2.17. The molecule has 0 radical (unpaired) electrons. The molecule has 21 heavy (non-hydrogen) atoms. The predicted octanol–water partition coefficient (Wildman–Crippen LogP) is 2.58.